The van der Waals surface area contributed by atoms with E-state index in [0.717, 1.165) is 12.8 Å². The van der Waals surface area contributed by atoms with Crippen molar-refractivity contribution < 1.29 is 4.79 Å². The molecule has 1 amide bonds. The summed E-state index contributed by atoms with van der Waals surface area (Å²) in [5.74, 6) is 0.557. The second kappa shape index (κ2) is 6.59. The Morgan fingerprint density at radius 1 is 1.25 bits per heavy atom. The van der Waals surface area contributed by atoms with Crippen molar-refractivity contribution in [2.24, 2.45) is 11.1 Å². The van der Waals surface area contributed by atoms with Gasteiger partial charge in [0, 0.05) is 6.04 Å². The molecule has 0 unspecified atom stereocenters. The minimum Gasteiger partial charge on any atom is -0.352 e. The van der Waals surface area contributed by atoms with E-state index in [2.05, 4.69) is 29.6 Å². The molecule has 0 bridgehead atoms. The summed E-state index contributed by atoms with van der Waals surface area (Å²) < 4.78 is 0. The number of hydrogen-bond acceptors (Lipinski definition) is 2. The molecule has 0 aromatic heterocycles. The summed E-state index contributed by atoms with van der Waals surface area (Å²) in [7, 11) is 0. The van der Waals surface area contributed by atoms with E-state index in [1.54, 1.807) is 0 Å². The Kier molecular flexibility index (Phi) is 5.60. The Bertz CT molecular complexity index is 436. The molecule has 0 spiro atoms. The van der Waals surface area contributed by atoms with Gasteiger partial charge in [0.2, 0.25) is 5.91 Å². The molecular weight excluding hydrogens is 272 g/mol. The predicted molar refractivity (Wildman–Crippen MR) is 85.0 cm³/mol. The molecule has 4 heteroatoms. The van der Waals surface area contributed by atoms with Gasteiger partial charge >= 0.3 is 0 Å². The minimum atomic E-state index is -0.441. The number of carbonyl (C=O) groups excluding carboxylic acids is 1. The molecular formula is C16H25ClN2O. The van der Waals surface area contributed by atoms with E-state index in [1.165, 1.54) is 5.56 Å². The van der Waals surface area contributed by atoms with Crippen LogP contribution in [0.25, 0.3) is 0 Å². The normalized spacial score (nSPS) is 23.2. The van der Waals surface area contributed by atoms with Crippen LogP contribution in [0.5, 0.6) is 0 Å². The van der Waals surface area contributed by atoms with Gasteiger partial charge in [0.1, 0.15) is 0 Å². The topological polar surface area (TPSA) is 55.1 Å². The Morgan fingerprint density at radius 2 is 1.80 bits per heavy atom. The average molecular weight is 297 g/mol. The largest absolute Gasteiger partial charge is 0.352 e. The van der Waals surface area contributed by atoms with Crippen molar-refractivity contribution in [2.45, 2.75) is 51.6 Å². The number of nitrogens with two attached hydrogens (primary N) is 1. The lowest BCUT2D eigenvalue weighted by Gasteiger charge is -2.38. The fourth-order valence-corrected chi connectivity index (χ4v) is 2.42. The first-order valence-corrected chi connectivity index (χ1v) is 6.99. The predicted octanol–water partition coefficient (Wildman–Crippen LogP) is 2.84. The molecule has 1 aromatic rings. The van der Waals surface area contributed by atoms with Crippen molar-refractivity contribution in [3.8, 4) is 0 Å². The van der Waals surface area contributed by atoms with Crippen LogP contribution in [-0.4, -0.2) is 18.0 Å². The van der Waals surface area contributed by atoms with Crippen molar-refractivity contribution in [1.82, 2.24) is 5.32 Å². The summed E-state index contributed by atoms with van der Waals surface area (Å²) >= 11 is 0. The monoisotopic (exact) mass is 296 g/mol. The molecule has 2 rings (SSSR count). The minimum absolute atomic E-state index is 0. The number of rotatable bonds is 3. The number of halogens is 1. The summed E-state index contributed by atoms with van der Waals surface area (Å²) in [6.45, 7) is 5.97. The molecule has 1 atom stereocenters. The van der Waals surface area contributed by atoms with E-state index in [-0.39, 0.29) is 29.8 Å². The Hall–Kier alpha value is -1.06. The summed E-state index contributed by atoms with van der Waals surface area (Å²) in [4.78, 5) is 12.0. The Balaban J connectivity index is 0.00000200. The number of benzene rings is 1. The lowest BCUT2D eigenvalue weighted by atomic mass is 9.75. The molecule has 112 valence electrons. The average Bonchev–Trinajstić information content (AvgIpc) is 2.32. The van der Waals surface area contributed by atoms with Crippen molar-refractivity contribution in [1.29, 1.82) is 0 Å². The third-order valence-electron chi connectivity index (χ3n) is 3.97. The van der Waals surface area contributed by atoms with Crippen LogP contribution in [0.1, 0.15) is 45.1 Å². The van der Waals surface area contributed by atoms with Crippen LogP contribution in [0.3, 0.4) is 0 Å². The summed E-state index contributed by atoms with van der Waals surface area (Å²) in [6, 6.07) is 10.3. The lowest BCUT2D eigenvalue weighted by Crippen LogP contribution is -2.53. The Morgan fingerprint density at radius 3 is 2.30 bits per heavy atom. The fraction of sp³-hybridized carbons (Fsp3) is 0.562. The second-order valence-electron chi connectivity index (χ2n) is 6.63. The van der Waals surface area contributed by atoms with E-state index in [0.29, 0.717) is 5.92 Å². The van der Waals surface area contributed by atoms with Gasteiger partial charge < -0.3 is 11.1 Å². The van der Waals surface area contributed by atoms with Gasteiger partial charge in [-0.2, -0.15) is 0 Å². The van der Waals surface area contributed by atoms with Gasteiger partial charge in [0.25, 0.3) is 0 Å². The van der Waals surface area contributed by atoms with Gasteiger partial charge in [-0.15, -0.1) is 12.4 Å². The first-order valence-electron chi connectivity index (χ1n) is 6.99. The van der Waals surface area contributed by atoms with E-state index >= 15 is 0 Å². The van der Waals surface area contributed by atoms with Gasteiger partial charge in [0.15, 0.2) is 0 Å². The molecule has 0 aliphatic heterocycles. The van der Waals surface area contributed by atoms with Crippen molar-refractivity contribution in [3.63, 3.8) is 0 Å². The molecule has 20 heavy (non-hydrogen) atoms. The van der Waals surface area contributed by atoms with Gasteiger partial charge in [0.05, 0.1) is 6.04 Å². The first-order chi connectivity index (χ1) is 8.88. The zero-order valence-electron chi connectivity index (χ0n) is 12.4. The summed E-state index contributed by atoms with van der Waals surface area (Å²) in [6.07, 6.45) is 2.04. The van der Waals surface area contributed by atoms with Crippen LogP contribution in [0.2, 0.25) is 0 Å². The highest BCUT2D eigenvalue weighted by molar-refractivity contribution is 5.85. The third kappa shape index (κ3) is 3.97. The molecule has 0 radical (unpaired) electrons. The van der Waals surface area contributed by atoms with Crippen LogP contribution in [0.15, 0.2) is 30.3 Å². The molecule has 3 N–H and O–H groups in total. The van der Waals surface area contributed by atoms with Crippen molar-refractivity contribution >= 4 is 18.3 Å². The quantitative estimate of drug-likeness (QED) is 0.901. The number of amides is 1. The van der Waals surface area contributed by atoms with Gasteiger partial charge in [-0.3, -0.25) is 4.79 Å². The van der Waals surface area contributed by atoms with Crippen molar-refractivity contribution in [2.75, 3.05) is 0 Å². The SMILES string of the molecule is CC(C)(C)[C@H](N)C(=O)NC1CC(c2ccccc2)C1.Cl. The van der Waals surface area contributed by atoms with Gasteiger partial charge in [-0.1, -0.05) is 51.1 Å². The van der Waals surface area contributed by atoms with E-state index in [1.807, 2.05) is 26.8 Å². The zero-order chi connectivity index (χ0) is 14.0. The molecule has 1 aromatic carbocycles. The van der Waals surface area contributed by atoms with Gasteiger partial charge in [-0.05, 0) is 29.7 Å². The highest BCUT2D eigenvalue weighted by atomic mass is 35.5. The maximum atomic E-state index is 12.0. The van der Waals surface area contributed by atoms with E-state index in [4.69, 9.17) is 5.73 Å². The highest BCUT2D eigenvalue weighted by Crippen LogP contribution is 2.36. The summed E-state index contributed by atoms with van der Waals surface area (Å²) in [5, 5.41) is 3.06. The van der Waals surface area contributed by atoms with Gasteiger partial charge in [-0.25, -0.2) is 0 Å². The lowest BCUT2D eigenvalue weighted by molar-refractivity contribution is -0.125. The second-order valence-corrected chi connectivity index (χ2v) is 6.63. The molecule has 3 nitrogen and oxygen atoms in total. The van der Waals surface area contributed by atoms with Crippen LogP contribution in [-0.2, 0) is 4.79 Å². The number of nitrogens with one attached hydrogen (secondary N) is 1. The van der Waals surface area contributed by atoms with Crippen LogP contribution >= 0.6 is 12.4 Å². The number of carbonyl (C=O) groups is 1. The Labute approximate surface area is 127 Å². The molecule has 1 fully saturated rings. The smallest absolute Gasteiger partial charge is 0.237 e. The maximum absolute atomic E-state index is 12.0. The summed E-state index contributed by atoms with van der Waals surface area (Å²) in [5.41, 5.74) is 7.14. The zero-order valence-corrected chi connectivity index (χ0v) is 13.2. The molecule has 0 saturated heterocycles. The standard InChI is InChI=1S/C16H24N2O.ClH/c1-16(2,3)14(17)15(19)18-13-9-12(10-13)11-7-5-4-6-8-11;/h4-8,12-14H,9-10,17H2,1-3H3,(H,18,19);1H/t12?,13?,14-;/m1./s1. The maximum Gasteiger partial charge on any atom is 0.237 e. The molecule has 1 saturated carbocycles. The van der Waals surface area contributed by atoms with Crippen molar-refractivity contribution in [3.05, 3.63) is 35.9 Å². The van der Waals surface area contributed by atoms with E-state index in [9.17, 15) is 4.79 Å². The van der Waals surface area contributed by atoms with Crippen LogP contribution < -0.4 is 11.1 Å². The fourth-order valence-electron chi connectivity index (χ4n) is 2.42. The molecule has 1 aliphatic carbocycles. The number of hydrogen-bond donors (Lipinski definition) is 2. The van der Waals surface area contributed by atoms with Crippen LogP contribution in [0, 0.1) is 5.41 Å². The third-order valence-corrected chi connectivity index (χ3v) is 3.97. The van der Waals surface area contributed by atoms with Crippen LogP contribution in [0.4, 0.5) is 0 Å². The molecule has 1 aliphatic rings. The highest BCUT2D eigenvalue weighted by Gasteiger charge is 2.34. The molecule has 0 heterocycles. The first kappa shape index (κ1) is 17.0. The van der Waals surface area contributed by atoms with E-state index < -0.39 is 6.04 Å².